The van der Waals surface area contributed by atoms with E-state index in [4.69, 9.17) is 4.74 Å². The van der Waals surface area contributed by atoms with Crippen molar-refractivity contribution in [3.63, 3.8) is 0 Å². The van der Waals surface area contributed by atoms with E-state index in [1.165, 1.54) is 0 Å². The van der Waals surface area contributed by atoms with Crippen molar-refractivity contribution in [2.75, 3.05) is 6.54 Å². The van der Waals surface area contributed by atoms with E-state index < -0.39 is 16.8 Å². The summed E-state index contributed by atoms with van der Waals surface area (Å²) in [5.41, 5.74) is -0.567. The molecule has 0 N–H and O–H groups in total. The number of amides is 1. The fourth-order valence-corrected chi connectivity index (χ4v) is 4.00. The minimum Gasteiger partial charge on any atom is -0.444 e. The number of aromatic nitrogens is 2. The van der Waals surface area contributed by atoms with Gasteiger partial charge < -0.3 is 9.64 Å². The smallest absolute Gasteiger partial charge is 0.444 e. The number of alkyl halides is 3. The molecular formula is C16H22F3N3O2S. The number of carbonyl (C=O) groups excluding carboxylic acids is 1. The average molecular weight is 377 g/mol. The summed E-state index contributed by atoms with van der Waals surface area (Å²) in [5.74, 6) is 1.17. The molecule has 0 bridgehead atoms. The Kier molecular flexibility index (Phi) is 4.72. The molecule has 1 saturated heterocycles. The maximum atomic E-state index is 12.6. The predicted molar refractivity (Wildman–Crippen MR) is 86.2 cm³/mol. The van der Waals surface area contributed by atoms with E-state index in [0.717, 1.165) is 12.8 Å². The predicted octanol–water partition coefficient (Wildman–Crippen LogP) is 4.14. The second-order valence-corrected chi connectivity index (χ2v) is 8.88. The number of ether oxygens (including phenoxy) is 1. The number of fused-ring (bicyclic) bond motifs is 1. The Balaban J connectivity index is 1.62. The lowest BCUT2D eigenvalue weighted by atomic mass is 9.98. The van der Waals surface area contributed by atoms with Gasteiger partial charge in [-0.3, -0.25) is 0 Å². The van der Waals surface area contributed by atoms with Crippen LogP contribution in [0, 0.1) is 11.8 Å². The van der Waals surface area contributed by atoms with Gasteiger partial charge in [0.2, 0.25) is 5.01 Å². The second kappa shape index (κ2) is 6.41. The summed E-state index contributed by atoms with van der Waals surface area (Å²) in [6, 6.07) is -0.0168. The van der Waals surface area contributed by atoms with Gasteiger partial charge >= 0.3 is 12.3 Å². The Morgan fingerprint density at radius 3 is 2.56 bits per heavy atom. The number of aryl methyl sites for hydroxylation is 1. The first-order valence-corrected chi connectivity index (χ1v) is 9.24. The highest BCUT2D eigenvalue weighted by Gasteiger charge is 2.47. The minimum atomic E-state index is -4.45. The van der Waals surface area contributed by atoms with Crippen LogP contribution >= 0.6 is 11.3 Å². The molecule has 1 aromatic heterocycles. The first kappa shape index (κ1) is 18.4. The van der Waals surface area contributed by atoms with Crippen molar-refractivity contribution in [1.29, 1.82) is 0 Å². The Morgan fingerprint density at radius 1 is 1.24 bits per heavy atom. The van der Waals surface area contributed by atoms with Gasteiger partial charge in [0.25, 0.3) is 0 Å². The third kappa shape index (κ3) is 4.62. The summed E-state index contributed by atoms with van der Waals surface area (Å²) >= 11 is 0.577. The Labute approximate surface area is 148 Å². The molecule has 0 aromatic carbocycles. The zero-order valence-corrected chi connectivity index (χ0v) is 15.3. The van der Waals surface area contributed by atoms with Gasteiger partial charge in [0.1, 0.15) is 10.6 Å². The van der Waals surface area contributed by atoms with Crippen LogP contribution in [0.5, 0.6) is 0 Å². The molecule has 1 aliphatic carbocycles. The van der Waals surface area contributed by atoms with Crippen molar-refractivity contribution >= 4 is 17.4 Å². The third-order valence-electron chi connectivity index (χ3n) is 4.54. The molecule has 1 amide bonds. The lowest BCUT2D eigenvalue weighted by Gasteiger charge is -2.36. The molecule has 0 radical (unpaired) electrons. The number of halogens is 3. The minimum absolute atomic E-state index is 0.0168. The van der Waals surface area contributed by atoms with Crippen LogP contribution in [0.15, 0.2) is 0 Å². The number of carbonyl (C=O) groups is 1. The van der Waals surface area contributed by atoms with E-state index >= 15 is 0 Å². The summed E-state index contributed by atoms with van der Waals surface area (Å²) in [5, 5.41) is 6.29. The highest BCUT2D eigenvalue weighted by Crippen LogP contribution is 2.48. The van der Waals surface area contributed by atoms with Crippen LogP contribution in [0.3, 0.4) is 0 Å². The second-order valence-electron chi connectivity index (χ2n) is 7.82. The van der Waals surface area contributed by atoms with Gasteiger partial charge in [-0.1, -0.05) is 11.3 Å². The maximum Gasteiger partial charge on any atom is 0.445 e. The van der Waals surface area contributed by atoms with Crippen LogP contribution in [-0.2, 0) is 17.3 Å². The zero-order chi connectivity index (χ0) is 18.4. The number of nitrogens with zero attached hydrogens (tertiary/aromatic N) is 3. The Morgan fingerprint density at radius 2 is 1.96 bits per heavy atom. The maximum absolute atomic E-state index is 12.6. The molecule has 25 heavy (non-hydrogen) atoms. The first-order chi connectivity index (χ1) is 11.5. The SMILES string of the molecule is CC(C)(C)OC(=O)N1C[C@@H]2C[C@@H]2C[C@H]1CCc1nnc(C(F)(F)F)s1. The molecule has 2 fully saturated rings. The normalized spacial score (nSPS) is 26.3. The van der Waals surface area contributed by atoms with Crippen LogP contribution in [0.1, 0.15) is 50.0 Å². The molecule has 3 atom stereocenters. The third-order valence-corrected chi connectivity index (χ3v) is 5.57. The lowest BCUT2D eigenvalue weighted by Crippen LogP contribution is -2.47. The quantitative estimate of drug-likeness (QED) is 0.795. The van der Waals surface area contributed by atoms with Gasteiger partial charge in [-0.2, -0.15) is 13.2 Å². The van der Waals surface area contributed by atoms with Gasteiger partial charge in [0.05, 0.1) is 0 Å². The van der Waals surface area contributed by atoms with E-state index in [1.807, 2.05) is 20.8 Å². The van der Waals surface area contributed by atoms with Crippen LogP contribution in [0.25, 0.3) is 0 Å². The summed E-state index contributed by atoms with van der Waals surface area (Å²) in [4.78, 5) is 14.2. The Hall–Kier alpha value is -1.38. The molecule has 0 unspecified atom stereocenters. The molecule has 5 nitrogen and oxygen atoms in total. The molecule has 0 spiro atoms. The van der Waals surface area contributed by atoms with Crippen molar-refractivity contribution < 1.29 is 22.7 Å². The van der Waals surface area contributed by atoms with Gasteiger partial charge in [0, 0.05) is 19.0 Å². The molecule has 140 valence electrons. The number of rotatable bonds is 3. The highest BCUT2D eigenvalue weighted by atomic mass is 32.1. The van der Waals surface area contributed by atoms with Crippen LogP contribution in [0.2, 0.25) is 0 Å². The van der Waals surface area contributed by atoms with E-state index in [1.54, 1.807) is 4.90 Å². The molecule has 3 rings (SSSR count). The van der Waals surface area contributed by atoms with Gasteiger partial charge in [-0.05, 0) is 51.9 Å². The molecule has 9 heteroatoms. The molecule has 2 aliphatic rings. The van der Waals surface area contributed by atoms with Crippen LogP contribution in [-0.4, -0.2) is 39.4 Å². The number of hydrogen-bond donors (Lipinski definition) is 0. The summed E-state index contributed by atoms with van der Waals surface area (Å²) in [6.45, 7) is 6.14. The standard InChI is InChI=1S/C16H22F3N3O2S/c1-15(2,3)24-14(23)22-8-10-6-9(10)7-11(22)4-5-12-20-21-13(25-12)16(17,18)19/h9-11H,4-8H2,1-3H3/t9-,10+,11-/m1/s1. The van der Waals surface area contributed by atoms with E-state index in [-0.39, 0.29) is 12.1 Å². The fraction of sp³-hybridized carbons (Fsp3) is 0.812. The summed E-state index contributed by atoms with van der Waals surface area (Å²) < 4.78 is 43.3. The topological polar surface area (TPSA) is 55.3 Å². The van der Waals surface area contributed by atoms with E-state index in [9.17, 15) is 18.0 Å². The first-order valence-electron chi connectivity index (χ1n) is 8.42. The van der Waals surface area contributed by atoms with Gasteiger partial charge in [0.15, 0.2) is 0 Å². The Bertz CT molecular complexity index is 641. The fourth-order valence-electron chi connectivity index (χ4n) is 3.28. The average Bonchev–Trinajstić information content (AvgIpc) is 3.04. The monoisotopic (exact) mass is 377 g/mol. The number of likely N-dealkylation sites (tertiary alicyclic amines) is 1. The van der Waals surface area contributed by atoms with E-state index in [0.29, 0.717) is 47.6 Å². The molecule has 1 aliphatic heterocycles. The van der Waals surface area contributed by atoms with Crippen molar-refractivity contribution in [3.8, 4) is 0 Å². The highest BCUT2D eigenvalue weighted by molar-refractivity contribution is 7.11. The van der Waals surface area contributed by atoms with Crippen molar-refractivity contribution in [2.45, 2.75) is 64.3 Å². The zero-order valence-electron chi connectivity index (χ0n) is 14.5. The molecule has 1 saturated carbocycles. The van der Waals surface area contributed by atoms with E-state index in [2.05, 4.69) is 10.2 Å². The number of hydrogen-bond acceptors (Lipinski definition) is 5. The summed E-state index contributed by atoms with van der Waals surface area (Å²) in [7, 11) is 0. The molecule has 2 heterocycles. The largest absolute Gasteiger partial charge is 0.445 e. The summed E-state index contributed by atoms with van der Waals surface area (Å²) in [6.07, 6.45) is -1.83. The van der Waals surface area contributed by atoms with Crippen molar-refractivity contribution in [2.24, 2.45) is 11.8 Å². The molecule has 1 aromatic rings. The number of piperidine rings is 1. The van der Waals surface area contributed by atoms with Crippen LogP contribution < -0.4 is 0 Å². The van der Waals surface area contributed by atoms with Gasteiger partial charge in [-0.15, -0.1) is 10.2 Å². The van der Waals surface area contributed by atoms with Crippen LogP contribution in [0.4, 0.5) is 18.0 Å². The molecular weight excluding hydrogens is 355 g/mol. The van der Waals surface area contributed by atoms with Crippen molar-refractivity contribution in [1.82, 2.24) is 15.1 Å². The lowest BCUT2D eigenvalue weighted by molar-refractivity contribution is -0.138. The van der Waals surface area contributed by atoms with Gasteiger partial charge in [-0.25, -0.2) is 4.79 Å². The van der Waals surface area contributed by atoms with Crippen molar-refractivity contribution in [3.05, 3.63) is 10.0 Å².